The quantitative estimate of drug-likeness (QED) is 0.236. The molecule has 0 heterocycles. The Morgan fingerprint density at radius 1 is 0.576 bits per heavy atom. The maximum absolute atomic E-state index is 12.3. The van der Waals surface area contributed by atoms with E-state index in [0.717, 1.165) is 48.9 Å². The molecule has 182 valence electrons. The number of amides is 2. The van der Waals surface area contributed by atoms with E-state index in [-0.39, 0.29) is 6.03 Å². The van der Waals surface area contributed by atoms with Crippen LogP contribution in [0.4, 0.5) is 16.2 Å². The van der Waals surface area contributed by atoms with Crippen molar-refractivity contribution < 1.29 is 14.3 Å². The Morgan fingerprint density at radius 2 is 0.939 bits per heavy atom. The largest absolute Gasteiger partial charge is 0.494 e. The smallest absolute Gasteiger partial charge is 0.323 e. The minimum Gasteiger partial charge on any atom is -0.494 e. The van der Waals surface area contributed by atoms with Crippen LogP contribution in [-0.4, -0.2) is 19.2 Å². The molecule has 2 rings (SSSR count). The standard InChI is InChI=1S/C28H42N2O3/c1-3-5-7-8-9-10-11-13-23-33-27-20-16-25(17-21-27)30-28(31)29-24-14-18-26(19-15-24)32-22-12-6-4-2/h14-21H,3-13,22-23H2,1-2H3,(H2,29,30,31). The van der Waals surface area contributed by atoms with Crippen LogP contribution in [0, 0.1) is 0 Å². The van der Waals surface area contributed by atoms with Crippen LogP contribution >= 0.6 is 0 Å². The fourth-order valence-corrected chi connectivity index (χ4v) is 3.53. The van der Waals surface area contributed by atoms with Crippen LogP contribution < -0.4 is 20.1 Å². The van der Waals surface area contributed by atoms with Gasteiger partial charge in [-0.25, -0.2) is 4.79 Å². The van der Waals surface area contributed by atoms with Gasteiger partial charge in [0.25, 0.3) is 0 Å². The highest BCUT2D eigenvalue weighted by Gasteiger charge is 2.04. The van der Waals surface area contributed by atoms with E-state index < -0.39 is 0 Å². The topological polar surface area (TPSA) is 59.6 Å². The van der Waals surface area contributed by atoms with E-state index in [2.05, 4.69) is 24.5 Å². The van der Waals surface area contributed by atoms with E-state index in [1.165, 1.54) is 57.8 Å². The minimum atomic E-state index is -0.279. The molecule has 33 heavy (non-hydrogen) atoms. The molecule has 5 nitrogen and oxygen atoms in total. The number of hydrogen-bond donors (Lipinski definition) is 2. The number of urea groups is 1. The normalized spacial score (nSPS) is 10.6. The fourth-order valence-electron chi connectivity index (χ4n) is 3.53. The summed E-state index contributed by atoms with van der Waals surface area (Å²) in [5.74, 6) is 1.65. The van der Waals surface area contributed by atoms with Crippen LogP contribution in [0.5, 0.6) is 11.5 Å². The molecular formula is C28H42N2O3. The summed E-state index contributed by atoms with van der Waals surface area (Å²) in [4.78, 5) is 12.3. The number of carbonyl (C=O) groups excluding carboxylic acids is 1. The number of unbranched alkanes of at least 4 members (excludes halogenated alkanes) is 9. The van der Waals surface area contributed by atoms with Crippen molar-refractivity contribution in [1.29, 1.82) is 0 Å². The Balaban J connectivity index is 1.61. The molecule has 0 radical (unpaired) electrons. The summed E-state index contributed by atoms with van der Waals surface area (Å²) >= 11 is 0. The summed E-state index contributed by atoms with van der Waals surface area (Å²) < 4.78 is 11.5. The molecule has 2 aromatic carbocycles. The summed E-state index contributed by atoms with van der Waals surface area (Å²) in [5, 5.41) is 5.69. The molecule has 0 aliphatic rings. The van der Waals surface area contributed by atoms with Crippen molar-refractivity contribution in [3.05, 3.63) is 48.5 Å². The zero-order chi connectivity index (χ0) is 23.6. The highest BCUT2D eigenvalue weighted by molar-refractivity contribution is 5.99. The Kier molecular flexibility index (Phi) is 13.6. The first-order valence-electron chi connectivity index (χ1n) is 12.7. The first-order valence-corrected chi connectivity index (χ1v) is 12.7. The van der Waals surface area contributed by atoms with Crippen LogP contribution in [0.25, 0.3) is 0 Å². The van der Waals surface area contributed by atoms with Crippen LogP contribution in [0.2, 0.25) is 0 Å². The molecule has 0 aromatic heterocycles. The highest BCUT2D eigenvalue weighted by Crippen LogP contribution is 2.19. The Labute approximate surface area is 200 Å². The van der Waals surface area contributed by atoms with E-state index in [1.807, 2.05) is 48.5 Å². The van der Waals surface area contributed by atoms with Crippen LogP contribution in [0.1, 0.15) is 84.5 Å². The highest BCUT2D eigenvalue weighted by atomic mass is 16.5. The van der Waals surface area contributed by atoms with Crippen molar-refractivity contribution in [1.82, 2.24) is 0 Å². The van der Waals surface area contributed by atoms with Crippen LogP contribution in [0.3, 0.4) is 0 Å². The van der Waals surface area contributed by atoms with Crippen molar-refractivity contribution in [2.75, 3.05) is 23.8 Å². The Morgan fingerprint density at radius 3 is 1.39 bits per heavy atom. The van der Waals surface area contributed by atoms with Gasteiger partial charge in [0.2, 0.25) is 0 Å². The van der Waals surface area contributed by atoms with Crippen molar-refractivity contribution in [3.8, 4) is 11.5 Å². The van der Waals surface area contributed by atoms with Gasteiger partial charge in [-0.1, -0.05) is 71.6 Å². The van der Waals surface area contributed by atoms with E-state index in [1.54, 1.807) is 0 Å². The molecule has 0 unspecified atom stereocenters. The molecule has 0 saturated heterocycles. The van der Waals surface area contributed by atoms with E-state index in [4.69, 9.17) is 9.47 Å². The predicted molar refractivity (Wildman–Crippen MR) is 139 cm³/mol. The van der Waals surface area contributed by atoms with Crippen molar-refractivity contribution in [3.63, 3.8) is 0 Å². The molecule has 2 N–H and O–H groups in total. The van der Waals surface area contributed by atoms with Gasteiger partial charge in [-0.3, -0.25) is 0 Å². The summed E-state index contributed by atoms with van der Waals surface area (Å²) in [5.41, 5.74) is 1.45. The number of carbonyl (C=O) groups is 1. The second-order valence-corrected chi connectivity index (χ2v) is 8.51. The second-order valence-electron chi connectivity index (χ2n) is 8.51. The first kappa shape index (κ1) is 26.6. The lowest BCUT2D eigenvalue weighted by Crippen LogP contribution is -2.19. The zero-order valence-corrected chi connectivity index (χ0v) is 20.5. The second kappa shape index (κ2) is 16.9. The number of anilines is 2. The molecule has 0 spiro atoms. The van der Waals surface area contributed by atoms with Gasteiger partial charge in [-0.15, -0.1) is 0 Å². The Hall–Kier alpha value is -2.69. The van der Waals surface area contributed by atoms with E-state index in [9.17, 15) is 4.79 Å². The molecule has 0 aliphatic carbocycles. The summed E-state index contributed by atoms with van der Waals surface area (Å²) in [6.07, 6.45) is 13.7. The van der Waals surface area contributed by atoms with Gasteiger partial charge >= 0.3 is 6.03 Å². The van der Waals surface area contributed by atoms with E-state index >= 15 is 0 Å². The molecule has 0 fully saturated rings. The number of nitrogens with one attached hydrogen (secondary N) is 2. The third kappa shape index (κ3) is 12.2. The number of benzene rings is 2. The third-order valence-corrected chi connectivity index (χ3v) is 5.51. The van der Waals surface area contributed by atoms with Crippen LogP contribution in [0.15, 0.2) is 48.5 Å². The molecule has 0 bridgehead atoms. The molecule has 0 atom stereocenters. The summed E-state index contributed by atoms with van der Waals surface area (Å²) in [6, 6.07) is 14.7. The maximum Gasteiger partial charge on any atom is 0.323 e. The monoisotopic (exact) mass is 454 g/mol. The van der Waals surface area contributed by atoms with E-state index in [0.29, 0.717) is 0 Å². The summed E-state index contributed by atoms with van der Waals surface area (Å²) in [6.45, 7) is 5.88. The lowest BCUT2D eigenvalue weighted by atomic mass is 10.1. The van der Waals surface area contributed by atoms with Crippen LogP contribution in [-0.2, 0) is 0 Å². The van der Waals surface area contributed by atoms with Crippen molar-refractivity contribution in [2.45, 2.75) is 84.5 Å². The van der Waals surface area contributed by atoms with Gasteiger partial charge in [0.1, 0.15) is 11.5 Å². The third-order valence-electron chi connectivity index (χ3n) is 5.51. The molecule has 5 heteroatoms. The minimum absolute atomic E-state index is 0.279. The molecule has 2 amide bonds. The lowest BCUT2D eigenvalue weighted by Gasteiger charge is -2.10. The van der Waals surface area contributed by atoms with Gasteiger partial charge in [0.15, 0.2) is 0 Å². The predicted octanol–water partition coefficient (Wildman–Crippen LogP) is 8.42. The lowest BCUT2D eigenvalue weighted by molar-refractivity contribution is 0.262. The first-order chi connectivity index (χ1) is 16.2. The SMILES string of the molecule is CCCCCCCCCCOc1ccc(NC(=O)Nc2ccc(OCCCCC)cc2)cc1. The number of hydrogen-bond acceptors (Lipinski definition) is 3. The fraction of sp³-hybridized carbons (Fsp3) is 0.536. The van der Waals surface area contributed by atoms with Crippen molar-refractivity contribution in [2.24, 2.45) is 0 Å². The van der Waals surface area contributed by atoms with Gasteiger partial charge < -0.3 is 20.1 Å². The van der Waals surface area contributed by atoms with Gasteiger partial charge in [-0.05, 0) is 61.4 Å². The van der Waals surface area contributed by atoms with Gasteiger partial charge in [0.05, 0.1) is 13.2 Å². The molecule has 0 saturated carbocycles. The molecular weight excluding hydrogens is 412 g/mol. The molecule has 2 aromatic rings. The van der Waals surface area contributed by atoms with Crippen molar-refractivity contribution >= 4 is 17.4 Å². The van der Waals surface area contributed by atoms with Gasteiger partial charge in [-0.2, -0.15) is 0 Å². The average Bonchev–Trinajstić information content (AvgIpc) is 2.83. The summed E-state index contributed by atoms with van der Waals surface area (Å²) in [7, 11) is 0. The zero-order valence-electron chi connectivity index (χ0n) is 20.5. The Bertz CT molecular complexity index is 760. The average molecular weight is 455 g/mol. The van der Waals surface area contributed by atoms with Gasteiger partial charge in [0, 0.05) is 11.4 Å². The number of rotatable bonds is 17. The molecule has 0 aliphatic heterocycles. The number of ether oxygens (including phenoxy) is 2. The maximum atomic E-state index is 12.3.